The van der Waals surface area contributed by atoms with E-state index >= 15 is 0 Å². The molecule has 1 fully saturated rings. The van der Waals surface area contributed by atoms with Gasteiger partial charge in [0.1, 0.15) is 18.0 Å². The van der Waals surface area contributed by atoms with Crippen LogP contribution < -0.4 is 10.1 Å². The molecule has 1 N–H and O–H groups in total. The van der Waals surface area contributed by atoms with Crippen molar-refractivity contribution in [2.45, 2.75) is 45.3 Å². The number of carbonyl (C=O) groups excluding carboxylic acids is 1. The lowest BCUT2D eigenvalue weighted by Gasteiger charge is -2.28. The summed E-state index contributed by atoms with van der Waals surface area (Å²) in [5.41, 5.74) is 1.14. The summed E-state index contributed by atoms with van der Waals surface area (Å²) in [4.78, 5) is 12.8. The summed E-state index contributed by atoms with van der Waals surface area (Å²) in [7, 11) is 0. The fourth-order valence-electron chi connectivity index (χ4n) is 2.95. The predicted molar refractivity (Wildman–Crippen MR) is 103 cm³/mol. The largest absolute Gasteiger partial charge is 0.489 e. The second-order valence-electron chi connectivity index (χ2n) is 6.98. The third-order valence-corrected chi connectivity index (χ3v) is 4.77. The Kier molecular flexibility index (Phi) is 5.94. The van der Waals surface area contributed by atoms with Crippen LogP contribution in [0.4, 0.5) is 5.69 Å². The van der Waals surface area contributed by atoms with Gasteiger partial charge in [0.15, 0.2) is 0 Å². The fourth-order valence-corrected chi connectivity index (χ4v) is 2.95. The molecule has 26 heavy (non-hydrogen) atoms. The van der Waals surface area contributed by atoms with Crippen LogP contribution in [-0.4, -0.2) is 18.1 Å². The Bertz CT molecular complexity index is 710. The minimum Gasteiger partial charge on any atom is -0.489 e. The monoisotopic (exact) mass is 353 g/mol. The highest BCUT2D eigenvalue weighted by molar-refractivity contribution is 5.97. The topological polar surface area (TPSA) is 47.6 Å². The molecule has 0 saturated heterocycles. The molecule has 3 rings (SSSR count). The maximum atomic E-state index is 12.8. The van der Waals surface area contributed by atoms with E-state index in [0.717, 1.165) is 36.3 Å². The minimum absolute atomic E-state index is 0.0635. The van der Waals surface area contributed by atoms with E-state index in [-0.39, 0.29) is 5.91 Å². The van der Waals surface area contributed by atoms with Crippen LogP contribution in [0.15, 0.2) is 54.6 Å². The SMILES string of the molecule is CCCO[C@@](C)(C(=O)Nc1ccc(OCc2ccccc2)cc1)C1CC1. The molecule has 1 aliphatic carbocycles. The van der Waals surface area contributed by atoms with Crippen LogP contribution in [0.25, 0.3) is 0 Å². The molecular weight excluding hydrogens is 326 g/mol. The fraction of sp³-hybridized carbons (Fsp3) is 0.409. The van der Waals surface area contributed by atoms with Crippen molar-refractivity contribution in [3.05, 3.63) is 60.2 Å². The summed E-state index contributed by atoms with van der Waals surface area (Å²) in [6.07, 6.45) is 3.02. The summed E-state index contributed by atoms with van der Waals surface area (Å²) in [6, 6.07) is 17.5. The van der Waals surface area contributed by atoms with Crippen molar-refractivity contribution in [1.29, 1.82) is 0 Å². The first-order valence-electron chi connectivity index (χ1n) is 9.34. The zero-order valence-corrected chi connectivity index (χ0v) is 15.5. The first-order chi connectivity index (χ1) is 12.6. The molecule has 138 valence electrons. The van der Waals surface area contributed by atoms with Gasteiger partial charge >= 0.3 is 0 Å². The standard InChI is InChI=1S/C22H27NO3/c1-3-15-26-22(2,18-9-10-18)21(24)23-19-11-13-20(14-12-19)25-16-17-7-5-4-6-8-17/h4-8,11-14,18H,3,9-10,15-16H2,1-2H3,(H,23,24)/t22-/m1/s1. The summed E-state index contributed by atoms with van der Waals surface area (Å²) < 4.78 is 11.7. The third kappa shape index (κ3) is 4.64. The van der Waals surface area contributed by atoms with Gasteiger partial charge in [-0.2, -0.15) is 0 Å². The zero-order chi connectivity index (χ0) is 18.4. The second kappa shape index (κ2) is 8.37. The number of anilines is 1. The average molecular weight is 353 g/mol. The maximum absolute atomic E-state index is 12.8. The zero-order valence-electron chi connectivity index (χ0n) is 15.5. The third-order valence-electron chi connectivity index (χ3n) is 4.77. The van der Waals surface area contributed by atoms with E-state index in [4.69, 9.17) is 9.47 Å². The van der Waals surface area contributed by atoms with Gasteiger partial charge in [-0.15, -0.1) is 0 Å². The van der Waals surface area contributed by atoms with Gasteiger partial charge in [0.2, 0.25) is 0 Å². The van der Waals surface area contributed by atoms with Crippen molar-refractivity contribution in [1.82, 2.24) is 0 Å². The Labute approximate surface area is 155 Å². The van der Waals surface area contributed by atoms with E-state index in [2.05, 4.69) is 12.2 Å². The van der Waals surface area contributed by atoms with E-state index in [1.807, 2.05) is 61.5 Å². The summed E-state index contributed by atoms with van der Waals surface area (Å²) in [5.74, 6) is 1.04. The molecule has 1 saturated carbocycles. The molecular formula is C22H27NO3. The van der Waals surface area contributed by atoms with Crippen molar-refractivity contribution >= 4 is 11.6 Å². The van der Waals surface area contributed by atoms with Crippen LogP contribution in [0, 0.1) is 5.92 Å². The van der Waals surface area contributed by atoms with Gasteiger partial charge < -0.3 is 14.8 Å². The number of hydrogen-bond donors (Lipinski definition) is 1. The summed E-state index contributed by atoms with van der Waals surface area (Å²) in [6.45, 7) is 5.09. The molecule has 0 heterocycles. The molecule has 0 aliphatic heterocycles. The Hall–Kier alpha value is -2.33. The highest BCUT2D eigenvalue weighted by atomic mass is 16.5. The lowest BCUT2D eigenvalue weighted by atomic mass is 9.98. The molecule has 4 heteroatoms. The van der Waals surface area contributed by atoms with Crippen molar-refractivity contribution in [2.75, 3.05) is 11.9 Å². The van der Waals surface area contributed by atoms with E-state index in [0.29, 0.717) is 19.1 Å². The van der Waals surface area contributed by atoms with Crippen LogP contribution in [0.5, 0.6) is 5.75 Å². The molecule has 0 bridgehead atoms. The Morgan fingerprint density at radius 2 is 1.81 bits per heavy atom. The molecule has 4 nitrogen and oxygen atoms in total. The first kappa shape index (κ1) is 18.5. The number of carbonyl (C=O) groups is 1. The van der Waals surface area contributed by atoms with Crippen molar-refractivity contribution < 1.29 is 14.3 Å². The van der Waals surface area contributed by atoms with Crippen LogP contribution in [-0.2, 0) is 16.1 Å². The van der Waals surface area contributed by atoms with Gasteiger partial charge in [-0.3, -0.25) is 4.79 Å². The van der Waals surface area contributed by atoms with Gasteiger partial charge in [-0.25, -0.2) is 0 Å². The van der Waals surface area contributed by atoms with Crippen molar-refractivity contribution in [3.8, 4) is 5.75 Å². The quantitative estimate of drug-likeness (QED) is 0.704. The van der Waals surface area contributed by atoms with Gasteiger partial charge in [-0.05, 0) is 61.9 Å². The van der Waals surface area contributed by atoms with Gasteiger partial charge in [0.25, 0.3) is 5.91 Å². The Morgan fingerprint density at radius 3 is 2.42 bits per heavy atom. The molecule has 1 aliphatic rings. The number of rotatable bonds is 9. The van der Waals surface area contributed by atoms with Gasteiger partial charge in [-0.1, -0.05) is 37.3 Å². The molecule has 0 unspecified atom stereocenters. The second-order valence-corrected chi connectivity index (χ2v) is 6.98. The predicted octanol–water partition coefficient (Wildman–Crippen LogP) is 4.80. The van der Waals surface area contributed by atoms with Crippen LogP contribution in [0.3, 0.4) is 0 Å². The minimum atomic E-state index is -0.738. The van der Waals surface area contributed by atoms with E-state index < -0.39 is 5.60 Å². The normalized spacial score (nSPS) is 15.9. The van der Waals surface area contributed by atoms with Crippen LogP contribution in [0.1, 0.15) is 38.7 Å². The highest BCUT2D eigenvalue weighted by Gasteiger charge is 2.48. The lowest BCUT2D eigenvalue weighted by Crippen LogP contribution is -2.45. The average Bonchev–Trinajstić information content (AvgIpc) is 3.52. The highest BCUT2D eigenvalue weighted by Crippen LogP contribution is 2.42. The van der Waals surface area contributed by atoms with E-state index in [1.165, 1.54) is 0 Å². The number of benzene rings is 2. The van der Waals surface area contributed by atoms with Crippen molar-refractivity contribution in [2.24, 2.45) is 5.92 Å². The molecule has 1 atom stereocenters. The Morgan fingerprint density at radius 1 is 1.12 bits per heavy atom. The molecule has 0 spiro atoms. The van der Waals surface area contributed by atoms with E-state index in [1.54, 1.807) is 0 Å². The number of nitrogens with one attached hydrogen (secondary N) is 1. The first-order valence-corrected chi connectivity index (χ1v) is 9.34. The summed E-state index contributed by atoms with van der Waals surface area (Å²) in [5, 5.41) is 2.99. The Balaban J connectivity index is 1.57. The van der Waals surface area contributed by atoms with Crippen LogP contribution in [0.2, 0.25) is 0 Å². The smallest absolute Gasteiger partial charge is 0.256 e. The van der Waals surface area contributed by atoms with Gasteiger partial charge in [0.05, 0.1) is 0 Å². The number of amides is 1. The summed E-state index contributed by atoms with van der Waals surface area (Å²) >= 11 is 0. The van der Waals surface area contributed by atoms with E-state index in [9.17, 15) is 4.79 Å². The molecule has 2 aromatic carbocycles. The number of ether oxygens (including phenoxy) is 2. The van der Waals surface area contributed by atoms with Gasteiger partial charge in [0, 0.05) is 12.3 Å². The molecule has 0 aromatic heterocycles. The molecule has 1 amide bonds. The number of hydrogen-bond acceptors (Lipinski definition) is 3. The van der Waals surface area contributed by atoms with Crippen molar-refractivity contribution in [3.63, 3.8) is 0 Å². The lowest BCUT2D eigenvalue weighted by molar-refractivity contribution is -0.142. The maximum Gasteiger partial charge on any atom is 0.256 e. The molecule has 2 aromatic rings. The van der Waals surface area contributed by atoms with Crippen LogP contribution >= 0.6 is 0 Å². The molecule has 0 radical (unpaired) electrons.